The number of ether oxygens (including phenoxy) is 2. The van der Waals surface area contributed by atoms with Crippen molar-refractivity contribution in [2.24, 2.45) is 7.05 Å². The minimum atomic E-state index is -0.710. The predicted octanol–water partition coefficient (Wildman–Crippen LogP) is 5.71. The zero-order valence-corrected chi connectivity index (χ0v) is 35.5. The van der Waals surface area contributed by atoms with Crippen LogP contribution in [-0.4, -0.2) is 99.0 Å². The van der Waals surface area contributed by atoms with E-state index >= 15 is 0 Å². The van der Waals surface area contributed by atoms with E-state index in [0.717, 1.165) is 108 Å². The van der Waals surface area contributed by atoms with Crippen molar-refractivity contribution in [2.75, 3.05) is 69.1 Å². The molecule has 3 saturated heterocycles. The molecule has 322 valence electrons. The lowest BCUT2D eigenvalue weighted by atomic mass is 10.0. The highest BCUT2D eigenvalue weighted by Gasteiger charge is 2.31. The maximum Gasteiger partial charge on any atom is 0.329 e. The van der Waals surface area contributed by atoms with Crippen LogP contribution in [0.1, 0.15) is 42.5 Å². The van der Waals surface area contributed by atoms with Crippen LogP contribution in [0.4, 0.5) is 22.9 Å². The number of anilines is 4. The van der Waals surface area contributed by atoms with Gasteiger partial charge in [0.25, 0.3) is 0 Å². The van der Waals surface area contributed by atoms with Gasteiger partial charge in [-0.3, -0.25) is 33.9 Å². The first-order valence-corrected chi connectivity index (χ1v) is 21.4. The van der Waals surface area contributed by atoms with Crippen molar-refractivity contribution < 1.29 is 19.1 Å². The van der Waals surface area contributed by atoms with E-state index in [1.807, 2.05) is 66.4 Å². The summed E-state index contributed by atoms with van der Waals surface area (Å²) in [6.07, 6.45) is 5.31. The molecule has 3 aliphatic heterocycles. The molecule has 7 heterocycles. The van der Waals surface area contributed by atoms with Crippen molar-refractivity contribution in [3.8, 4) is 28.1 Å². The number of piperazine rings is 1. The van der Waals surface area contributed by atoms with E-state index in [-0.39, 0.29) is 23.9 Å². The number of rotatable bonds is 11. The van der Waals surface area contributed by atoms with Gasteiger partial charge in [0.2, 0.25) is 11.8 Å². The zero-order chi connectivity index (χ0) is 43.2. The van der Waals surface area contributed by atoms with E-state index in [2.05, 4.69) is 67.1 Å². The van der Waals surface area contributed by atoms with Crippen LogP contribution in [0.25, 0.3) is 39.1 Å². The Morgan fingerprint density at radius 3 is 2.43 bits per heavy atom. The normalized spacial score (nSPS) is 18.3. The van der Waals surface area contributed by atoms with Crippen molar-refractivity contribution in [3.05, 3.63) is 113 Å². The van der Waals surface area contributed by atoms with Crippen molar-refractivity contribution in [3.63, 3.8) is 0 Å². The average Bonchev–Trinajstić information content (AvgIpc) is 4.06. The fourth-order valence-electron chi connectivity index (χ4n) is 9.21. The smallest absolute Gasteiger partial charge is 0.329 e. The number of nitrogens with one attached hydrogen (secondary N) is 3. The Morgan fingerprint density at radius 1 is 0.873 bits per heavy atom. The number of aryl methyl sites for hydroxylation is 1. The maximum absolute atomic E-state index is 13.3. The average molecular weight is 848 g/mol. The molecule has 0 radical (unpaired) electrons. The molecule has 7 aromatic rings. The highest BCUT2D eigenvalue weighted by Crippen LogP contribution is 2.38. The minimum absolute atomic E-state index is 0.207. The standard InChI is InChI=1S/C47H49N11O5/c1-48-37-24-42(53-58-41(26-50-45(37)58)32-17-22-63-28-32)51-36-6-4-5-34(44(36)62-3)35-13-7-29(25-49-35)27-55-18-20-56(21-19-55)33-11-8-30(9-12-33)31-10-14-38-40(23-31)54(2)47(61)57(38)39-15-16-43(59)52-46(39)60/h4-14,23-26,32,39,48H,15-22,27-28H2,1-3H3,(H,51,53)(H,52,59,60). The number of piperidine rings is 1. The fraction of sp³-hybridized carbons (Fsp3) is 0.319. The highest BCUT2D eigenvalue weighted by molar-refractivity contribution is 6.00. The lowest BCUT2D eigenvalue weighted by Crippen LogP contribution is -2.45. The quantitative estimate of drug-likeness (QED) is 0.136. The van der Waals surface area contributed by atoms with Gasteiger partial charge in [0.1, 0.15) is 6.04 Å². The monoisotopic (exact) mass is 847 g/mol. The molecule has 0 saturated carbocycles. The molecule has 2 unspecified atom stereocenters. The summed E-state index contributed by atoms with van der Waals surface area (Å²) in [6.45, 7) is 5.86. The van der Waals surface area contributed by atoms with Gasteiger partial charge in [-0.15, -0.1) is 5.10 Å². The number of benzene rings is 3. The van der Waals surface area contributed by atoms with Crippen molar-refractivity contribution in [1.29, 1.82) is 0 Å². The van der Waals surface area contributed by atoms with Crippen LogP contribution in [-0.2, 0) is 27.9 Å². The summed E-state index contributed by atoms with van der Waals surface area (Å²) >= 11 is 0. The first kappa shape index (κ1) is 40.1. The molecule has 2 amide bonds. The maximum atomic E-state index is 13.3. The molecule has 0 spiro atoms. The Hall–Kier alpha value is -7.04. The first-order chi connectivity index (χ1) is 30.8. The molecule has 3 aliphatic rings. The predicted molar refractivity (Wildman–Crippen MR) is 242 cm³/mol. The first-order valence-electron chi connectivity index (χ1n) is 21.4. The van der Waals surface area contributed by atoms with Gasteiger partial charge < -0.3 is 25.0 Å². The van der Waals surface area contributed by atoms with E-state index in [9.17, 15) is 14.4 Å². The van der Waals surface area contributed by atoms with Crippen molar-refractivity contribution >= 4 is 51.4 Å². The fourth-order valence-corrected chi connectivity index (χ4v) is 9.21. The molecule has 4 aromatic heterocycles. The SMILES string of the molecule is CNc1cc(Nc2cccc(-c3ccc(CN4CCN(c5ccc(-c6ccc7c(c6)n(C)c(=O)n7C6CCC(=O)NC6=O)cc5)CC4)cn3)c2OC)nn2c(C3CCOC3)cnc12. The van der Waals surface area contributed by atoms with Gasteiger partial charge in [-0.1, -0.05) is 30.3 Å². The van der Waals surface area contributed by atoms with Crippen LogP contribution in [0.2, 0.25) is 0 Å². The summed E-state index contributed by atoms with van der Waals surface area (Å²) < 4.78 is 16.6. The summed E-state index contributed by atoms with van der Waals surface area (Å²) in [6, 6.07) is 25.8. The highest BCUT2D eigenvalue weighted by atomic mass is 16.5. The van der Waals surface area contributed by atoms with Crippen molar-refractivity contribution in [1.82, 2.24) is 38.9 Å². The van der Waals surface area contributed by atoms with E-state index < -0.39 is 11.9 Å². The number of methoxy groups -OCH3 is 1. The number of fused-ring (bicyclic) bond motifs is 2. The Balaban J connectivity index is 0.778. The number of para-hydroxylation sites is 1. The Kier molecular flexibility index (Phi) is 10.6. The molecular weight excluding hydrogens is 799 g/mol. The molecule has 16 nitrogen and oxygen atoms in total. The molecule has 0 bridgehead atoms. The topological polar surface area (TPSA) is 165 Å². The van der Waals surface area contributed by atoms with Crippen LogP contribution < -0.4 is 31.3 Å². The number of nitrogens with zero attached hydrogens (tertiary/aromatic N) is 8. The summed E-state index contributed by atoms with van der Waals surface area (Å²) in [5.74, 6) is 0.848. The van der Waals surface area contributed by atoms with Gasteiger partial charge in [0.15, 0.2) is 17.2 Å². The third-order valence-corrected chi connectivity index (χ3v) is 12.6. The largest absolute Gasteiger partial charge is 0.494 e. The molecule has 3 aromatic carbocycles. The van der Waals surface area contributed by atoms with Gasteiger partial charge in [-0.25, -0.2) is 14.3 Å². The molecule has 63 heavy (non-hydrogen) atoms. The summed E-state index contributed by atoms with van der Waals surface area (Å²) in [5.41, 5.74) is 10.6. The number of pyridine rings is 1. The lowest BCUT2D eigenvalue weighted by Gasteiger charge is -2.36. The van der Waals surface area contributed by atoms with E-state index in [0.29, 0.717) is 30.1 Å². The number of imide groups is 1. The van der Waals surface area contributed by atoms with Gasteiger partial charge in [-0.2, -0.15) is 0 Å². The number of amides is 2. The molecule has 3 fully saturated rings. The van der Waals surface area contributed by atoms with Gasteiger partial charge in [0.05, 0.1) is 53.7 Å². The van der Waals surface area contributed by atoms with Crippen molar-refractivity contribution in [2.45, 2.75) is 37.8 Å². The summed E-state index contributed by atoms with van der Waals surface area (Å²) in [5, 5.41) is 14.1. The van der Waals surface area contributed by atoms with E-state index in [4.69, 9.17) is 19.6 Å². The second-order valence-electron chi connectivity index (χ2n) is 16.4. The number of carbonyl (C=O) groups excluding carboxylic acids is 2. The number of hydrogen-bond acceptors (Lipinski definition) is 12. The summed E-state index contributed by atoms with van der Waals surface area (Å²) in [7, 11) is 5.27. The van der Waals surface area contributed by atoms with Gasteiger partial charge in [-0.05, 0) is 72.0 Å². The zero-order valence-electron chi connectivity index (χ0n) is 35.5. The van der Waals surface area contributed by atoms with Gasteiger partial charge in [0, 0.05) is 89.3 Å². The second kappa shape index (κ2) is 16.7. The van der Waals surface area contributed by atoms with Crippen LogP contribution in [0.3, 0.4) is 0 Å². The molecule has 0 aliphatic carbocycles. The number of imidazole rings is 2. The second-order valence-corrected chi connectivity index (χ2v) is 16.4. The lowest BCUT2D eigenvalue weighted by molar-refractivity contribution is -0.135. The van der Waals surface area contributed by atoms with Crippen LogP contribution in [0.15, 0.2) is 96.1 Å². The molecule has 3 N–H and O–H groups in total. The van der Waals surface area contributed by atoms with E-state index in [1.54, 1.807) is 18.7 Å². The van der Waals surface area contributed by atoms with Crippen LogP contribution in [0.5, 0.6) is 5.75 Å². The van der Waals surface area contributed by atoms with Gasteiger partial charge >= 0.3 is 5.69 Å². The van der Waals surface area contributed by atoms with Crippen LogP contribution in [0, 0.1) is 0 Å². The number of aromatic nitrogens is 6. The third-order valence-electron chi connectivity index (χ3n) is 12.6. The van der Waals surface area contributed by atoms with Crippen LogP contribution >= 0.6 is 0 Å². The Labute approximate surface area is 363 Å². The molecular formula is C47H49N11O5. The molecule has 10 rings (SSSR count). The number of hydrogen-bond donors (Lipinski definition) is 3. The summed E-state index contributed by atoms with van der Waals surface area (Å²) in [4.78, 5) is 52.0. The number of carbonyl (C=O) groups is 2. The minimum Gasteiger partial charge on any atom is -0.494 e. The Morgan fingerprint density at radius 2 is 1.70 bits per heavy atom. The third kappa shape index (κ3) is 7.54. The Bertz CT molecular complexity index is 2910. The van der Waals surface area contributed by atoms with E-state index in [1.165, 1.54) is 4.57 Å². The molecule has 16 heteroatoms. The molecule has 2 atom stereocenters.